The van der Waals surface area contributed by atoms with Crippen LogP contribution in [0.5, 0.6) is 5.75 Å². The zero-order chi connectivity index (χ0) is 22.3. The smallest absolute Gasteiger partial charge is 0.407 e. The van der Waals surface area contributed by atoms with Crippen LogP contribution in [0.25, 0.3) is 11.0 Å². The van der Waals surface area contributed by atoms with Crippen molar-refractivity contribution < 1.29 is 14.3 Å². The molecule has 1 aromatic carbocycles. The number of nitrogens with one attached hydrogen (secondary N) is 1. The van der Waals surface area contributed by atoms with Gasteiger partial charge in [0, 0.05) is 5.56 Å². The Balaban J connectivity index is 1.95. The molecule has 160 valence electrons. The minimum atomic E-state index is -0.706. The number of cyclic esters (lactones) is 1. The lowest BCUT2D eigenvalue weighted by molar-refractivity contribution is 0.138. The number of aromatic nitrogens is 4. The number of nitriles is 1. The third-order valence-corrected chi connectivity index (χ3v) is 5.51. The van der Waals surface area contributed by atoms with Crippen molar-refractivity contribution in [2.45, 2.75) is 32.9 Å². The zero-order valence-corrected chi connectivity index (χ0v) is 17.9. The molecule has 31 heavy (non-hydrogen) atoms. The molecule has 1 saturated heterocycles. The third kappa shape index (κ3) is 3.37. The Hall–Kier alpha value is -3.58. The number of carbonyl (C=O) groups is 1. The van der Waals surface area contributed by atoms with Gasteiger partial charge in [-0.25, -0.2) is 19.4 Å². The van der Waals surface area contributed by atoms with Crippen molar-refractivity contribution in [2.75, 3.05) is 18.9 Å². The van der Waals surface area contributed by atoms with Crippen molar-refractivity contribution >= 4 is 34.5 Å². The molecule has 0 spiro atoms. The number of halogens is 1. The summed E-state index contributed by atoms with van der Waals surface area (Å²) >= 11 is 6.49. The molecule has 0 aliphatic carbocycles. The van der Waals surface area contributed by atoms with E-state index < -0.39 is 12.2 Å². The maximum Gasteiger partial charge on any atom is 0.407 e. The van der Waals surface area contributed by atoms with E-state index in [-0.39, 0.29) is 23.2 Å². The lowest BCUT2D eigenvalue weighted by atomic mass is 9.95. The van der Waals surface area contributed by atoms with Crippen LogP contribution in [0.2, 0.25) is 5.02 Å². The van der Waals surface area contributed by atoms with Crippen molar-refractivity contribution in [3.8, 4) is 11.8 Å². The molecule has 3 N–H and O–H groups in total. The van der Waals surface area contributed by atoms with Crippen molar-refractivity contribution in [2.24, 2.45) is 0 Å². The molecule has 11 heteroatoms. The Bertz CT molecular complexity index is 1230. The lowest BCUT2D eigenvalue weighted by Crippen LogP contribution is -2.16. The normalized spacial score (nSPS) is 16.6. The van der Waals surface area contributed by atoms with Gasteiger partial charge in [-0.3, -0.25) is 0 Å². The van der Waals surface area contributed by atoms with E-state index in [9.17, 15) is 10.1 Å². The number of benzene rings is 1. The molecule has 1 amide bonds. The SMILES string of the molecule is CCOc1c([C@@H](C)n2nc(C)c3c(N)ncnc32)cc(Cl)c(C#N)c1[C@H]1CNC(=O)O1. The lowest BCUT2D eigenvalue weighted by Gasteiger charge is -2.23. The first-order valence-corrected chi connectivity index (χ1v) is 10.0. The Labute approximate surface area is 182 Å². The second-order valence-corrected chi connectivity index (χ2v) is 7.46. The number of anilines is 1. The Morgan fingerprint density at radius 1 is 1.52 bits per heavy atom. The fourth-order valence-electron chi connectivity index (χ4n) is 3.83. The molecule has 1 aliphatic rings. The number of nitrogens with zero attached hydrogens (tertiary/aromatic N) is 5. The fourth-order valence-corrected chi connectivity index (χ4v) is 4.09. The number of hydrogen-bond donors (Lipinski definition) is 2. The minimum absolute atomic E-state index is 0.204. The maximum absolute atomic E-state index is 11.7. The van der Waals surface area contributed by atoms with Gasteiger partial charge in [-0.2, -0.15) is 10.4 Å². The first-order chi connectivity index (χ1) is 14.9. The minimum Gasteiger partial charge on any atom is -0.493 e. The average molecular weight is 442 g/mol. The van der Waals surface area contributed by atoms with E-state index in [4.69, 9.17) is 26.8 Å². The van der Waals surface area contributed by atoms with Crippen molar-refractivity contribution in [3.05, 3.63) is 39.8 Å². The van der Waals surface area contributed by atoms with Crippen LogP contribution in [0, 0.1) is 18.3 Å². The number of nitrogens with two attached hydrogens (primary N) is 1. The summed E-state index contributed by atoms with van der Waals surface area (Å²) in [5.41, 5.74) is 8.59. The maximum atomic E-state index is 11.7. The average Bonchev–Trinajstić information content (AvgIpc) is 3.32. The predicted octanol–water partition coefficient (Wildman–Crippen LogP) is 3.03. The van der Waals surface area contributed by atoms with Gasteiger partial charge < -0.3 is 20.5 Å². The van der Waals surface area contributed by atoms with Gasteiger partial charge >= 0.3 is 6.09 Å². The Morgan fingerprint density at radius 3 is 2.94 bits per heavy atom. The largest absolute Gasteiger partial charge is 0.493 e. The molecule has 4 rings (SSSR count). The molecular weight excluding hydrogens is 422 g/mol. The topological polar surface area (TPSA) is 141 Å². The van der Waals surface area contributed by atoms with Crippen molar-refractivity contribution in [1.82, 2.24) is 25.1 Å². The van der Waals surface area contributed by atoms with Gasteiger partial charge in [0.2, 0.25) is 0 Å². The highest BCUT2D eigenvalue weighted by atomic mass is 35.5. The molecule has 0 radical (unpaired) electrons. The fraction of sp³-hybridized carbons (Fsp3) is 0.350. The number of nitrogen functional groups attached to an aromatic ring is 1. The van der Waals surface area contributed by atoms with Crippen LogP contribution in [0.1, 0.15) is 48.4 Å². The number of ether oxygens (including phenoxy) is 2. The van der Waals surface area contributed by atoms with Gasteiger partial charge in [0.1, 0.15) is 24.0 Å². The molecule has 2 aromatic heterocycles. The number of fused-ring (bicyclic) bond motifs is 1. The number of aryl methyl sites for hydroxylation is 1. The van der Waals surface area contributed by atoms with Crippen LogP contribution in [0.3, 0.4) is 0 Å². The number of amides is 1. The summed E-state index contributed by atoms with van der Waals surface area (Å²) in [6.07, 6.45) is 0.112. The van der Waals surface area contributed by atoms with Gasteiger partial charge in [-0.05, 0) is 26.8 Å². The number of hydrogen-bond acceptors (Lipinski definition) is 8. The quantitative estimate of drug-likeness (QED) is 0.615. The zero-order valence-electron chi connectivity index (χ0n) is 17.1. The van der Waals surface area contributed by atoms with E-state index in [1.54, 1.807) is 10.7 Å². The molecule has 1 fully saturated rings. The highest BCUT2D eigenvalue weighted by Gasteiger charge is 2.34. The van der Waals surface area contributed by atoms with E-state index in [2.05, 4.69) is 26.5 Å². The van der Waals surface area contributed by atoms with Crippen LogP contribution < -0.4 is 15.8 Å². The molecule has 3 aromatic rings. The van der Waals surface area contributed by atoms with E-state index in [1.165, 1.54) is 6.33 Å². The summed E-state index contributed by atoms with van der Waals surface area (Å²) in [6.45, 7) is 6.11. The summed E-state index contributed by atoms with van der Waals surface area (Å²) < 4.78 is 13.0. The standard InChI is InChI=1S/C20H20ClN7O3/c1-4-30-17-11(5-13(21)12(6-22)16(17)14-7-24-20(29)31-14)10(3)28-19-15(9(2)27-28)18(23)25-8-26-19/h5,8,10,14H,4,7H2,1-3H3,(H,24,29)(H2,23,25,26)/t10-,14-/m1/s1. The van der Waals surface area contributed by atoms with Crippen LogP contribution >= 0.6 is 11.6 Å². The highest BCUT2D eigenvalue weighted by molar-refractivity contribution is 6.32. The Morgan fingerprint density at radius 2 is 2.29 bits per heavy atom. The van der Waals surface area contributed by atoms with Crippen molar-refractivity contribution in [1.29, 1.82) is 5.26 Å². The van der Waals surface area contributed by atoms with E-state index in [0.29, 0.717) is 46.0 Å². The van der Waals surface area contributed by atoms with E-state index >= 15 is 0 Å². The monoisotopic (exact) mass is 441 g/mol. The summed E-state index contributed by atoms with van der Waals surface area (Å²) in [6, 6.07) is 3.40. The molecule has 0 unspecified atom stereocenters. The predicted molar refractivity (Wildman–Crippen MR) is 113 cm³/mol. The number of rotatable bonds is 5. The second kappa shape index (κ2) is 7.92. The summed E-state index contributed by atoms with van der Waals surface area (Å²) in [5, 5.41) is 17.9. The van der Waals surface area contributed by atoms with Gasteiger partial charge in [0.05, 0.1) is 46.4 Å². The van der Waals surface area contributed by atoms with Crippen molar-refractivity contribution in [3.63, 3.8) is 0 Å². The highest BCUT2D eigenvalue weighted by Crippen LogP contribution is 2.43. The number of carbonyl (C=O) groups excluding carboxylic acids is 1. The molecule has 2 atom stereocenters. The van der Waals surface area contributed by atoms with Gasteiger partial charge in [0.25, 0.3) is 0 Å². The van der Waals surface area contributed by atoms with E-state index in [1.807, 2.05) is 20.8 Å². The molecule has 0 bridgehead atoms. The van der Waals surface area contributed by atoms with Gasteiger partial charge in [-0.15, -0.1) is 0 Å². The van der Waals surface area contributed by atoms with Gasteiger partial charge in [-0.1, -0.05) is 11.6 Å². The summed E-state index contributed by atoms with van der Waals surface area (Å²) in [4.78, 5) is 20.1. The molecule has 10 nitrogen and oxygen atoms in total. The Kier molecular flexibility index (Phi) is 5.29. The van der Waals surface area contributed by atoms with Gasteiger partial charge in [0.15, 0.2) is 11.8 Å². The molecule has 3 heterocycles. The summed E-state index contributed by atoms with van der Waals surface area (Å²) in [7, 11) is 0. The first-order valence-electron chi connectivity index (χ1n) is 9.66. The first kappa shape index (κ1) is 20.7. The summed E-state index contributed by atoms with van der Waals surface area (Å²) in [5.74, 6) is 0.772. The number of alkyl carbamates (subject to hydrolysis) is 1. The van der Waals surface area contributed by atoms with Crippen LogP contribution in [-0.4, -0.2) is 39.0 Å². The third-order valence-electron chi connectivity index (χ3n) is 5.21. The van der Waals surface area contributed by atoms with E-state index in [0.717, 1.165) is 0 Å². The van der Waals surface area contributed by atoms with Crippen LogP contribution in [0.4, 0.5) is 10.6 Å². The second-order valence-electron chi connectivity index (χ2n) is 7.05. The molecular formula is C20H20ClN7O3. The van der Waals surface area contributed by atoms with Crippen LogP contribution in [0.15, 0.2) is 12.4 Å². The molecule has 1 aliphatic heterocycles. The van der Waals surface area contributed by atoms with Crippen LogP contribution in [-0.2, 0) is 4.74 Å². The molecule has 0 saturated carbocycles.